The minimum Gasteiger partial charge on any atom is -0.375 e. The van der Waals surface area contributed by atoms with Crippen molar-refractivity contribution >= 4 is 17.6 Å². The van der Waals surface area contributed by atoms with Gasteiger partial charge < -0.3 is 14.5 Å². The molecule has 2 aliphatic heterocycles. The number of hydrogen-bond donors (Lipinski definition) is 0. The molecule has 0 aliphatic carbocycles. The zero-order valence-electron chi connectivity index (χ0n) is 13.4. The third-order valence-corrected chi connectivity index (χ3v) is 5.10. The number of rotatable bonds is 6. The lowest BCUT2D eigenvalue weighted by atomic mass is 10.1. The molecule has 122 valence electrons. The van der Waals surface area contributed by atoms with E-state index < -0.39 is 0 Å². The van der Waals surface area contributed by atoms with Crippen LogP contribution < -0.4 is 4.90 Å². The Bertz CT molecular complexity index is 467. The zero-order valence-corrected chi connectivity index (χ0v) is 14.2. The van der Waals surface area contributed by atoms with Gasteiger partial charge in [-0.2, -0.15) is 0 Å². The Hall–Kier alpha value is -0.850. The number of anilines is 1. The molecule has 1 aromatic rings. The zero-order chi connectivity index (χ0) is 15.2. The summed E-state index contributed by atoms with van der Waals surface area (Å²) in [4.78, 5) is 13.7. The van der Waals surface area contributed by atoms with Gasteiger partial charge in [0.05, 0.1) is 25.1 Å². The number of piperidine rings is 1. The molecule has 1 atom stereocenters. The SMILES string of the molecule is CSc1cncc(N2CC[C@@H](OCCN3CCCCC3)C2)n1. The average Bonchev–Trinajstić information content (AvgIpc) is 3.05. The molecule has 0 amide bonds. The maximum absolute atomic E-state index is 6.08. The van der Waals surface area contributed by atoms with Crippen molar-refractivity contribution in [2.45, 2.75) is 36.8 Å². The van der Waals surface area contributed by atoms with Crippen LogP contribution in [0.1, 0.15) is 25.7 Å². The molecule has 0 saturated carbocycles. The molecule has 2 fully saturated rings. The lowest BCUT2D eigenvalue weighted by molar-refractivity contribution is 0.0467. The minimum absolute atomic E-state index is 0.338. The molecule has 2 saturated heterocycles. The van der Waals surface area contributed by atoms with Crippen molar-refractivity contribution in [1.82, 2.24) is 14.9 Å². The highest BCUT2D eigenvalue weighted by atomic mass is 32.2. The molecule has 22 heavy (non-hydrogen) atoms. The van der Waals surface area contributed by atoms with Crippen LogP contribution in [-0.4, -0.2) is 66.6 Å². The van der Waals surface area contributed by atoms with E-state index in [2.05, 4.69) is 19.8 Å². The maximum atomic E-state index is 6.08. The summed E-state index contributed by atoms with van der Waals surface area (Å²) in [7, 11) is 0. The quantitative estimate of drug-likeness (QED) is 0.749. The number of likely N-dealkylation sites (tertiary alicyclic amines) is 1. The second-order valence-electron chi connectivity index (χ2n) is 6.05. The Balaban J connectivity index is 1.41. The van der Waals surface area contributed by atoms with Gasteiger partial charge in [0.2, 0.25) is 0 Å². The highest BCUT2D eigenvalue weighted by molar-refractivity contribution is 7.98. The molecule has 1 aromatic heterocycles. The lowest BCUT2D eigenvalue weighted by Crippen LogP contribution is -2.34. The van der Waals surface area contributed by atoms with E-state index in [1.54, 1.807) is 11.8 Å². The predicted molar refractivity (Wildman–Crippen MR) is 90.7 cm³/mol. The van der Waals surface area contributed by atoms with Crippen LogP contribution in [0.5, 0.6) is 0 Å². The lowest BCUT2D eigenvalue weighted by Gasteiger charge is -2.26. The number of ether oxygens (including phenoxy) is 1. The monoisotopic (exact) mass is 322 g/mol. The second kappa shape index (κ2) is 8.13. The first kappa shape index (κ1) is 16.0. The van der Waals surface area contributed by atoms with Gasteiger partial charge in [-0.1, -0.05) is 6.42 Å². The number of thioether (sulfide) groups is 1. The van der Waals surface area contributed by atoms with Gasteiger partial charge in [0.1, 0.15) is 10.8 Å². The molecule has 3 heterocycles. The van der Waals surface area contributed by atoms with E-state index in [1.807, 2.05) is 18.6 Å². The van der Waals surface area contributed by atoms with Crippen molar-refractivity contribution in [2.24, 2.45) is 0 Å². The normalized spacial score (nSPS) is 23.1. The fourth-order valence-electron chi connectivity index (χ4n) is 3.19. The van der Waals surface area contributed by atoms with Crippen LogP contribution in [0.2, 0.25) is 0 Å². The number of hydrogen-bond acceptors (Lipinski definition) is 6. The molecule has 0 aromatic carbocycles. The van der Waals surface area contributed by atoms with Crippen molar-refractivity contribution in [3.05, 3.63) is 12.4 Å². The van der Waals surface area contributed by atoms with Gasteiger partial charge in [0, 0.05) is 19.6 Å². The summed E-state index contributed by atoms with van der Waals surface area (Å²) in [6.07, 6.45) is 11.2. The fraction of sp³-hybridized carbons (Fsp3) is 0.750. The van der Waals surface area contributed by atoms with Crippen molar-refractivity contribution in [3.63, 3.8) is 0 Å². The van der Waals surface area contributed by atoms with Crippen LogP contribution in [-0.2, 0) is 4.74 Å². The van der Waals surface area contributed by atoms with Gasteiger partial charge in [0.25, 0.3) is 0 Å². The Morgan fingerprint density at radius 1 is 1.23 bits per heavy atom. The largest absolute Gasteiger partial charge is 0.375 e. The van der Waals surface area contributed by atoms with Crippen LogP contribution in [0, 0.1) is 0 Å². The van der Waals surface area contributed by atoms with E-state index in [9.17, 15) is 0 Å². The van der Waals surface area contributed by atoms with Crippen molar-refractivity contribution < 1.29 is 4.74 Å². The fourth-order valence-corrected chi connectivity index (χ4v) is 3.54. The molecule has 5 nitrogen and oxygen atoms in total. The van der Waals surface area contributed by atoms with Crippen molar-refractivity contribution in [1.29, 1.82) is 0 Å². The summed E-state index contributed by atoms with van der Waals surface area (Å²) in [6.45, 7) is 6.38. The van der Waals surface area contributed by atoms with Gasteiger partial charge in [-0.3, -0.25) is 4.98 Å². The molecular formula is C16H26N4OS. The number of nitrogens with zero attached hydrogens (tertiary/aromatic N) is 4. The first-order valence-electron chi connectivity index (χ1n) is 8.30. The van der Waals surface area contributed by atoms with Crippen LogP contribution in [0.4, 0.5) is 5.82 Å². The Morgan fingerprint density at radius 3 is 2.91 bits per heavy atom. The third-order valence-electron chi connectivity index (χ3n) is 4.49. The molecule has 0 unspecified atom stereocenters. The van der Waals surface area contributed by atoms with Crippen molar-refractivity contribution in [2.75, 3.05) is 50.5 Å². The molecule has 3 rings (SSSR count). The molecule has 0 N–H and O–H groups in total. The summed E-state index contributed by atoms with van der Waals surface area (Å²) in [5, 5.41) is 0.979. The smallest absolute Gasteiger partial charge is 0.148 e. The average molecular weight is 322 g/mol. The summed E-state index contributed by atoms with van der Waals surface area (Å²) < 4.78 is 6.08. The third kappa shape index (κ3) is 4.33. The van der Waals surface area contributed by atoms with Crippen LogP contribution >= 0.6 is 11.8 Å². The van der Waals surface area contributed by atoms with Crippen LogP contribution in [0.15, 0.2) is 17.4 Å². The first-order valence-corrected chi connectivity index (χ1v) is 9.52. The number of aromatic nitrogens is 2. The van der Waals surface area contributed by atoms with Gasteiger partial charge in [-0.15, -0.1) is 11.8 Å². The van der Waals surface area contributed by atoms with Crippen LogP contribution in [0.3, 0.4) is 0 Å². The highest BCUT2D eigenvalue weighted by Gasteiger charge is 2.24. The standard InChI is InChI=1S/C16H26N4OS/c1-22-16-12-17-11-15(18-16)20-8-5-14(13-20)21-10-9-19-6-3-2-4-7-19/h11-12,14H,2-10,13H2,1H3/t14-/m1/s1. The molecule has 0 spiro atoms. The highest BCUT2D eigenvalue weighted by Crippen LogP contribution is 2.21. The van der Waals surface area contributed by atoms with Gasteiger partial charge in [0.15, 0.2) is 0 Å². The minimum atomic E-state index is 0.338. The van der Waals surface area contributed by atoms with Crippen molar-refractivity contribution in [3.8, 4) is 0 Å². The van der Waals surface area contributed by atoms with Gasteiger partial charge in [-0.05, 0) is 38.6 Å². The van der Waals surface area contributed by atoms with E-state index in [0.29, 0.717) is 6.10 Å². The summed E-state index contributed by atoms with van der Waals surface area (Å²) in [5.74, 6) is 0.981. The molecule has 0 radical (unpaired) electrons. The molecule has 0 bridgehead atoms. The topological polar surface area (TPSA) is 41.5 Å². The Kier molecular flexibility index (Phi) is 5.92. The first-order chi connectivity index (χ1) is 10.8. The van der Waals surface area contributed by atoms with Gasteiger partial charge >= 0.3 is 0 Å². The van der Waals surface area contributed by atoms with E-state index in [4.69, 9.17) is 4.74 Å². The molecule has 2 aliphatic rings. The summed E-state index contributed by atoms with van der Waals surface area (Å²) in [5.41, 5.74) is 0. The summed E-state index contributed by atoms with van der Waals surface area (Å²) in [6, 6.07) is 0. The molecule has 6 heteroatoms. The maximum Gasteiger partial charge on any atom is 0.148 e. The Labute approximate surface area is 137 Å². The van der Waals surface area contributed by atoms with E-state index in [-0.39, 0.29) is 0 Å². The van der Waals surface area contributed by atoms with Gasteiger partial charge in [-0.25, -0.2) is 4.98 Å². The van der Waals surface area contributed by atoms with Crippen LogP contribution in [0.25, 0.3) is 0 Å². The van der Waals surface area contributed by atoms with E-state index >= 15 is 0 Å². The Morgan fingerprint density at radius 2 is 2.09 bits per heavy atom. The predicted octanol–water partition coefficient (Wildman–Crippen LogP) is 2.28. The molecular weight excluding hydrogens is 296 g/mol. The second-order valence-corrected chi connectivity index (χ2v) is 6.88. The van der Waals surface area contributed by atoms with E-state index in [0.717, 1.165) is 43.5 Å². The van der Waals surface area contributed by atoms with E-state index in [1.165, 1.54) is 32.4 Å². The summed E-state index contributed by atoms with van der Waals surface area (Å²) >= 11 is 1.64.